The minimum absolute atomic E-state index is 0.200. The minimum atomic E-state index is 0.200. The van der Waals surface area contributed by atoms with Crippen LogP contribution in [0.25, 0.3) is 0 Å². The summed E-state index contributed by atoms with van der Waals surface area (Å²) in [5, 5.41) is 0.678. The number of piperazine rings is 1. The van der Waals surface area contributed by atoms with Crippen LogP contribution in [0.3, 0.4) is 0 Å². The van der Waals surface area contributed by atoms with Crippen LogP contribution in [0.4, 0.5) is 0 Å². The molecule has 2 heterocycles. The Morgan fingerprint density at radius 3 is 2.75 bits per heavy atom. The highest BCUT2D eigenvalue weighted by atomic mass is 35.5. The van der Waals surface area contributed by atoms with E-state index in [1.165, 1.54) is 25.8 Å². The van der Waals surface area contributed by atoms with E-state index in [1.807, 2.05) is 12.1 Å². The number of fused-ring (bicyclic) bond motifs is 1. The van der Waals surface area contributed by atoms with Crippen molar-refractivity contribution in [1.82, 2.24) is 9.80 Å². The number of carbonyl (C=O) groups is 1. The number of nitrogens with zero attached hydrogens (tertiary/aromatic N) is 2. The van der Waals surface area contributed by atoms with Crippen molar-refractivity contribution in [3.8, 4) is 0 Å². The number of Topliss-reactive ketones (excluding diaryl/α,β-unsaturated/α-hetero) is 1. The maximum atomic E-state index is 12.3. The fourth-order valence-electron chi connectivity index (χ4n) is 3.29. The second-order valence-electron chi connectivity index (χ2n) is 5.85. The molecule has 4 heteroatoms. The summed E-state index contributed by atoms with van der Waals surface area (Å²) in [6.07, 6.45) is 3.95. The lowest BCUT2D eigenvalue weighted by atomic mass is 9.99. The van der Waals surface area contributed by atoms with Crippen LogP contribution in [0.2, 0.25) is 5.02 Å². The predicted molar refractivity (Wildman–Crippen MR) is 81.4 cm³/mol. The Kier molecular flexibility index (Phi) is 4.39. The predicted octanol–water partition coefficient (Wildman–Crippen LogP) is 2.69. The van der Waals surface area contributed by atoms with Crippen molar-refractivity contribution in [3.05, 3.63) is 34.9 Å². The molecule has 1 atom stereocenters. The molecule has 2 fully saturated rings. The summed E-state index contributed by atoms with van der Waals surface area (Å²) in [4.78, 5) is 17.2. The molecule has 2 saturated heterocycles. The molecule has 108 valence electrons. The van der Waals surface area contributed by atoms with Gasteiger partial charge in [0.2, 0.25) is 0 Å². The zero-order valence-corrected chi connectivity index (χ0v) is 12.5. The first kappa shape index (κ1) is 14.1. The van der Waals surface area contributed by atoms with E-state index in [2.05, 4.69) is 9.80 Å². The Morgan fingerprint density at radius 2 is 1.95 bits per heavy atom. The first-order valence-corrected chi connectivity index (χ1v) is 7.85. The first-order chi connectivity index (χ1) is 9.72. The van der Waals surface area contributed by atoms with Gasteiger partial charge in [0.25, 0.3) is 0 Å². The fraction of sp³-hybridized carbons (Fsp3) is 0.562. The van der Waals surface area contributed by atoms with E-state index in [1.54, 1.807) is 12.1 Å². The van der Waals surface area contributed by atoms with Gasteiger partial charge in [-0.3, -0.25) is 14.6 Å². The Bertz CT molecular complexity index is 474. The molecule has 1 aromatic rings. The summed E-state index contributed by atoms with van der Waals surface area (Å²) in [6.45, 7) is 4.93. The Balaban J connectivity index is 1.58. The standard InChI is InChI=1S/C16H21ClN2O/c17-14-6-4-13(5-7-14)16(20)12-18-9-10-19-8-2-1-3-15(19)11-18/h4-7,15H,1-3,8-12H2. The van der Waals surface area contributed by atoms with Gasteiger partial charge in [0.1, 0.15) is 0 Å². The number of hydrogen-bond acceptors (Lipinski definition) is 3. The van der Waals surface area contributed by atoms with E-state index < -0.39 is 0 Å². The van der Waals surface area contributed by atoms with Crippen molar-refractivity contribution in [2.45, 2.75) is 25.3 Å². The molecule has 20 heavy (non-hydrogen) atoms. The Hall–Kier alpha value is -0.900. The summed E-state index contributed by atoms with van der Waals surface area (Å²) in [5.41, 5.74) is 0.764. The van der Waals surface area contributed by atoms with E-state index in [4.69, 9.17) is 11.6 Å². The average molecular weight is 293 g/mol. The van der Waals surface area contributed by atoms with E-state index in [0.29, 0.717) is 17.6 Å². The summed E-state index contributed by atoms with van der Waals surface area (Å²) in [5.74, 6) is 0.200. The van der Waals surface area contributed by atoms with Gasteiger partial charge in [-0.1, -0.05) is 18.0 Å². The average Bonchev–Trinajstić information content (AvgIpc) is 2.48. The maximum Gasteiger partial charge on any atom is 0.176 e. The third-order valence-corrected chi connectivity index (χ3v) is 4.71. The monoisotopic (exact) mass is 292 g/mol. The number of benzene rings is 1. The van der Waals surface area contributed by atoms with Crippen molar-refractivity contribution < 1.29 is 4.79 Å². The molecule has 0 aromatic heterocycles. The lowest BCUT2D eigenvalue weighted by molar-refractivity contribution is 0.0469. The van der Waals surface area contributed by atoms with Gasteiger partial charge >= 0.3 is 0 Å². The van der Waals surface area contributed by atoms with Crippen molar-refractivity contribution in [1.29, 1.82) is 0 Å². The summed E-state index contributed by atoms with van der Waals surface area (Å²) in [6, 6.07) is 7.88. The molecule has 3 nitrogen and oxygen atoms in total. The number of ketones is 1. The van der Waals surface area contributed by atoms with Crippen LogP contribution in [0.1, 0.15) is 29.6 Å². The normalized spacial score (nSPS) is 24.4. The van der Waals surface area contributed by atoms with Crippen LogP contribution in [-0.4, -0.2) is 54.3 Å². The first-order valence-electron chi connectivity index (χ1n) is 7.47. The van der Waals surface area contributed by atoms with E-state index in [-0.39, 0.29) is 5.78 Å². The fourth-order valence-corrected chi connectivity index (χ4v) is 3.42. The molecule has 0 aliphatic carbocycles. The van der Waals surface area contributed by atoms with Crippen LogP contribution in [0.15, 0.2) is 24.3 Å². The molecule has 0 N–H and O–H groups in total. The van der Waals surface area contributed by atoms with Crippen molar-refractivity contribution in [3.63, 3.8) is 0 Å². The third-order valence-electron chi connectivity index (χ3n) is 4.45. The molecule has 0 bridgehead atoms. The Labute approximate surface area is 125 Å². The molecule has 0 saturated carbocycles. The molecule has 1 aromatic carbocycles. The highest BCUT2D eigenvalue weighted by Gasteiger charge is 2.29. The van der Waals surface area contributed by atoms with Gasteiger partial charge in [0, 0.05) is 36.3 Å². The van der Waals surface area contributed by atoms with E-state index in [0.717, 1.165) is 25.2 Å². The topological polar surface area (TPSA) is 23.6 Å². The number of halogens is 1. The van der Waals surface area contributed by atoms with Gasteiger partial charge in [0.05, 0.1) is 6.54 Å². The smallest absolute Gasteiger partial charge is 0.176 e. The molecular formula is C16H21ClN2O. The Morgan fingerprint density at radius 1 is 1.15 bits per heavy atom. The zero-order chi connectivity index (χ0) is 13.9. The number of carbonyl (C=O) groups excluding carboxylic acids is 1. The van der Waals surface area contributed by atoms with Gasteiger partial charge in [-0.25, -0.2) is 0 Å². The van der Waals surface area contributed by atoms with Gasteiger partial charge in [-0.15, -0.1) is 0 Å². The molecule has 0 radical (unpaired) electrons. The van der Waals surface area contributed by atoms with E-state index in [9.17, 15) is 4.79 Å². The van der Waals surface area contributed by atoms with Gasteiger partial charge < -0.3 is 0 Å². The highest BCUT2D eigenvalue weighted by Crippen LogP contribution is 2.21. The lowest BCUT2D eigenvalue weighted by Crippen LogP contribution is -2.55. The highest BCUT2D eigenvalue weighted by molar-refractivity contribution is 6.30. The van der Waals surface area contributed by atoms with Crippen LogP contribution in [-0.2, 0) is 0 Å². The van der Waals surface area contributed by atoms with Crippen LogP contribution < -0.4 is 0 Å². The minimum Gasteiger partial charge on any atom is -0.298 e. The number of piperidine rings is 1. The van der Waals surface area contributed by atoms with Gasteiger partial charge in [0.15, 0.2) is 5.78 Å². The van der Waals surface area contributed by atoms with Crippen LogP contribution in [0, 0.1) is 0 Å². The lowest BCUT2D eigenvalue weighted by Gasteiger charge is -2.43. The van der Waals surface area contributed by atoms with Crippen molar-refractivity contribution >= 4 is 17.4 Å². The molecular weight excluding hydrogens is 272 g/mol. The summed E-state index contributed by atoms with van der Waals surface area (Å²) < 4.78 is 0. The molecule has 0 spiro atoms. The molecule has 2 aliphatic rings. The second-order valence-corrected chi connectivity index (χ2v) is 6.29. The molecule has 1 unspecified atom stereocenters. The number of hydrogen-bond donors (Lipinski definition) is 0. The van der Waals surface area contributed by atoms with Crippen molar-refractivity contribution in [2.24, 2.45) is 0 Å². The molecule has 0 amide bonds. The second kappa shape index (κ2) is 6.25. The van der Waals surface area contributed by atoms with Crippen molar-refractivity contribution in [2.75, 3.05) is 32.7 Å². The summed E-state index contributed by atoms with van der Waals surface area (Å²) >= 11 is 5.86. The number of rotatable bonds is 3. The zero-order valence-electron chi connectivity index (χ0n) is 11.7. The van der Waals surface area contributed by atoms with Gasteiger partial charge in [-0.05, 0) is 43.7 Å². The maximum absolute atomic E-state index is 12.3. The SMILES string of the molecule is O=C(CN1CCN2CCCCC2C1)c1ccc(Cl)cc1. The van der Waals surface area contributed by atoms with Crippen LogP contribution >= 0.6 is 11.6 Å². The molecule has 2 aliphatic heterocycles. The van der Waals surface area contributed by atoms with Gasteiger partial charge in [-0.2, -0.15) is 0 Å². The molecule has 3 rings (SSSR count). The third kappa shape index (κ3) is 3.22. The quantitative estimate of drug-likeness (QED) is 0.800. The largest absolute Gasteiger partial charge is 0.298 e. The van der Waals surface area contributed by atoms with Crippen LogP contribution in [0.5, 0.6) is 0 Å². The van der Waals surface area contributed by atoms with E-state index >= 15 is 0 Å². The summed E-state index contributed by atoms with van der Waals surface area (Å²) in [7, 11) is 0.